The lowest BCUT2D eigenvalue weighted by Gasteiger charge is -2.17. The number of thioether (sulfide) groups is 1. The van der Waals surface area contributed by atoms with Gasteiger partial charge >= 0.3 is 0 Å². The fourth-order valence-electron chi connectivity index (χ4n) is 2.22. The third-order valence-electron chi connectivity index (χ3n) is 3.59. The molecular weight excluding hydrogens is 297 g/mol. The van der Waals surface area contributed by atoms with Crippen LogP contribution in [0.2, 0.25) is 0 Å². The van der Waals surface area contributed by atoms with Crippen LogP contribution >= 0.6 is 11.8 Å². The summed E-state index contributed by atoms with van der Waals surface area (Å²) in [4.78, 5) is 12.5. The topological polar surface area (TPSA) is 29.1 Å². The van der Waals surface area contributed by atoms with Gasteiger partial charge in [-0.1, -0.05) is 42.5 Å². The fourth-order valence-corrected chi connectivity index (χ4v) is 3.34. The second kappa shape index (κ2) is 6.97. The molecule has 0 aliphatic heterocycles. The van der Waals surface area contributed by atoms with Crippen LogP contribution in [-0.4, -0.2) is 11.9 Å². The van der Waals surface area contributed by atoms with Crippen molar-refractivity contribution in [1.29, 1.82) is 0 Å². The van der Waals surface area contributed by atoms with E-state index in [1.165, 1.54) is 17.7 Å². The van der Waals surface area contributed by atoms with Gasteiger partial charge in [-0.2, -0.15) is 0 Å². The number of rotatable bonds is 6. The molecule has 0 radical (unpaired) electrons. The van der Waals surface area contributed by atoms with Crippen LogP contribution in [0.25, 0.3) is 0 Å². The maximum absolute atomic E-state index is 13.1. The first-order chi connectivity index (χ1) is 10.7. The molecule has 0 spiro atoms. The Morgan fingerprint density at radius 3 is 2.45 bits per heavy atom. The molecule has 1 N–H and O–H groups in total. The number of hydrogen-bond acceptors (Lipinski definition) is 2. The zero-order chi connectivity index (χ0) is 15.4. The molecular formula is C18H18FNOS. The summed E-state index contributed by atoms with van der Waals surface area (Å²) in [5, 5.41) is 2.75. The van der Waals surface area contributed by atoms with Crippen molar-refractivity contribution < 1.29 is 9.18 Å². The van der Waals surface area contributed by atoms with Crippen molar-refractivity contribution in [2.45, 2.75) is 29.9 Å². The highest BCUT2D eigenvalue weighted by molar-refractivity contribution is 7.99. The van der Waals surface area contributed by atoms with E-state index in [1.807, 2.05) is 30.3 Å². The average molecular weight is 315 g/mol. The number of nitrogens with one attached hydrogen (secondary N) is 1. The summed E-state index contributed by atoms with van der Waals surface area (Å²) in [6.07, 6.45) is 2.12. The summed E-state index contributed by atoms with van der Waals surface area (Å²) in [6.45, 7) is 0. The summed E-state index contributed by atoms with van der Waals surface area (Å²) >= 11 is 1.58. The largest absolute Gasteiger partial charge is 0.352 e. The van der Waals surface area contributed by atoms with Crippen LogP contribution in [-0.2, 0) is 10.5 Å². The van der Waals surface area contributed by atoms with Crippen molar-refractivity contribution in [2.24, 2.45) is 0 Å². The van der Waals surface area contributed by atoms with Crippen LogP contribution in [0.4, 0.5) is 4.39 Å². The van der Waals surface area contributed by atoms with Crippen molar-refractivity contribution in [3.8, 4) is 0 Å². The molecule has 22 heavy (non-hydrogen) atoms. The lowest BCUT2D eigenvalue weighted by atomic mass is 10.1. The molecule has 4 heteroatoms. The Bertz CT molecular complexity index is 625. The van der Waals surface area contributed by atoms with E-state index in [2.05, 4.69) is 5.32 Å². The van der Waals surface area contributed by atoms with Crippen LogP contribution in [0.15, 0.2) is 54.6 Å². The van der Waals surface area contributed by atoms with Crippen molar-refractivity contribution in [3.63, 3.8) is 0 Å². The first kappa shape index (κ1) is 15.1. The molecule has 1 aliphatic carbocycles. The van der Waals surface area contributed by atoms with Gasteiger partial charge in [-0.25, -0.2) is 4.39 Å². The molecule has 114 valence electrons. The van der Waals surface area contributed by atoms with Crippen LogP contribution < -0.4 is 5.32 Å². The zero-order valence-corrected chi connectivity index (χ0v) is 13.0. The zero-order valence-electron chi connectivity index (χ0n) is 12.2. The Kier molecular flexibility index (Phi) is 4.78. The summed E-state index contributed by atoms with van der Waals surface area (Å²) in [7, 11) is 0. The fraction of sp³-hybridized carbons (Fsp3) is 0.278. The number of amides is 1. The third-order valence-corrected chi connectivity index (χ3v) is 4.91. The Morgan fingerprint density at radius 1 is 1.14 bits per heavy atom. The second-order valence-electron chi connectivity index (χ2n) is 5.51. The minimum Gasteiger partial charge on any atom is -0.352 e. The number of carbonyl (C=O) groups excluding carboxylic acids is 1. The van der Waals surface area contributed by atoms with Crippen LogP contribution in [0.1, 0.15) is 29.2 Å². The first-order valence-electron chi connectivity index (χ1n) is 7.44. The van der Waals surface area contributed by atoms with E-state index in [0.29, 0.717) is 6.04 Å². The lowest BCUT2D eigenvalue weighted by molar-refractivity contribution is -0.120. The third kappa shape index (κ3) is 4.10. The van der Waals surface area contributed by atoms with Gasteiger partial charge in [0.2, 0.25) is 5.91 Å². The van der Waals surface area contributed by atoms with Crippen LogP contribution in [0.3, 0.4) is 0 Å². The van der Waals surface area contributed by atoms with Gasteiger partial charge in [0.15, 0.2) is 0 Å². The molecule has 2 aromatic carbocycles. The van der Waals surface area contributed by atoms with Gasteiger partial charge in [0.1, 0.15) is 11.1 Å². The highest BCUT2D eigenvalue weighted by Gasteiger charge is 2.28. The van der Waals surface area contributed by atoms with Gasteiger partial charge in [-0.3, -0.25) is 4.79 Å². The van der Waals surface area contributed by atoms with Crippen molar-refractivity contribution in [1.82, 2.24) is 5.32 Å². The predicted molar refractivity (Wildman–Crippen MR) is 88.0 cm³/mol. The number of halogens is 1. The molecule has 2 aromatic rings. The quantitative estimate of drug-likeness (QED) is 0.870. The Morgan fingerprint density at radius 2 is 1.82 bits per heavy atom. The van der Waals surface area contributed by atoms with Crippen LogP contribution in [0, 0.1) is 5.82 Å². The minimum atomic E-state index is -0.304. The summed E-state index contributed by atoms with van der Waals surface area (Å²) in [5.74, 6) is 0.495. The van der Waals surface area contributed by atoms with E-state index in [-0.39, 0.29) is 17.0 Å². The highest BCUT2D eigenvalue weighted by Crippen LogP contribution is 2.33. The van der Waals surface area contributed by atoms with Crippen molar-refractivity contribution >= 4 is 17.7 Å². The monoisotopic (exact) mass is 315 g/mol. The normalized spacial score (nSPS) is 15.3. The highest BCUT2D eigenvalue weighted by atomic mass is 32.2. The van der Waals surface area contributed by atoms with Crippen molar-refractivity contribution in [3.05, 3.63) is 71.5 Å². The summed E-state index contributed by atoms with van der Waals surface area (Å²) in [6, 6.07) is 16.6. The van der Waals surface area contributed by atoms with Gasteiger partial charge < -0.3 is 5.32 Å². The lowest BCUT2D eigenvalue weighted by Crippen LogP contribution is -2.29. The molecule has 0 bridgehead atoms. The molecule has 3 rings (SSSR count). The average Bonchev–Trinajstić information content (AvgIpc) is 3.34. The maximum Gasteiger partial charge on any atom is 0.237 e. The standard InChI is InChI=1S/C18H18FNOS/c19-15-8-6-14(7-9-15)17(18(21)20-16-10-11-16)22-12-13-4-2-1-3-5-13/h1-9,16-17H,10-12H2,(H,20,21)/t17-/m0/s1. The number of hydrogen-bond donors (Lipinski definition) is 1. The summed E-state index contributed by atoms with van der Waals surface area (Å²) < 4.78 is 13.1. The van der Waals surface area contributed by atoms with E-state index in [4.69, 9.17) is 0 Å². The minimum absolute atomic E-state index is 0.0232. The van der Waals surface area contributed by atoms with Crippen molar-refractivity contribution in [2.75, 3.05) is 0 Å². The molecule has 0 unspecified atom stereocenters. The van der Waals surface area contributed by atoms with Gasteiger partial charge in [0.25, 0.3) is 0 Å². The van der Waals surface area contributed by atoms with E-state index >= 15 is 0 Å². The van der Waals surface area contributed by atoms with E-state index in [9.17, 15) is 9.18 Å². The second-order valence-corrected chi connectivity index (χ2v) is 6.60. The van der Waals surface area contributed by atoms with E-state index in [0.717, 1.165) is 24.2 Å². The molecule has 0 saturated heterocycles. The Balaban J connectivity index is 1.72. The van der Waals surface area contributed by atoms with Gasteiger partial charge in [0, 0.05) is 11.8 Å². The van der Waals surface area contributed by atoms with Gasteiger partial charge in [-0.05, 0) is 36.1 Å². The van der Waals surface area contributed by atoms with Gasteiger partial charge in [0.05, 0.1) is 0 Å². The molecule has 1 aliphatic rings. The Labute approximate surface area is 134 Å². The van der Waals surface area contributed by atoms with E-state index in [1.54, 1.807) is 23.9 Å². The molecule has 1 atom stereocenters. The van der Waals surface area contributed by atoms with E-state index < -0.39 is 0 Å². The van der Waals surface area contributed by atoms with Crippen LogP contribution in [0.5, 0.6) is 0 Å². The summed E-state index contributed by atoms with van der Waals surface area (Å²) in [5.41, 5.74) is 2.03. The molecule has 0 aromatic heterocycles. The molecule has 1 saturated carbocycles. The number of benzene rings is 2. The molecule has 0 heterocycles. The Hall–Kier alpha value is -1.81. The SMILES string of the molecule is O=C(NC1CC1)[C@@H](SCc1ccccc1)c1ccc(F)cc1. The maximum atomic E-state index is 13.1. The predicted octanol–water partition coefficient (Wildman–Crippen LogP) is 4.08. The molecule has 2 nitrogen and oxygen atoms in total. The van der Waals surface area contributed by atoms with Gasteiger partial charge in [-0.15, -0.1) is 11.8 Å². The number of carbonyl (C=O) groups is 1. The smallest absolute Gasteiger partial charge is 0.237 e. The molecule has 1 fully saturated rings. The first-order valence-corrected chi connectivity index (χ1v) is 8.48. The molecule has 1 amide bonds.